The number of benzene rings is 1. The molecule has 3 nitrogen and oxygen atoms in total. The SMILES string of the molecule is CC(=O)OOc1cc(Cl)c(Cl)cc1Cl.[Mg]. The van der Waals surface area contributed by atoms with E-state index in [1.807, 2.05) is 0 Å². The molecule has 0 saturated carbocycles. The molecule has 0 amide bonds. The molecule has 78 valence electrons. The third-order valence-electron chi connectivity index (χ3n) is 1.22. The fourth-order valence-corrected chi connectivity index (χ4v) is 1.24. The van der Waals surface area contributed by atoms with Gasteiger partial charge in [-0.3, -0.25) is 9.78 Å². The van der Waals surface area contributed by atoms with Gasteiger partial charge in [0.25, 0.3) is 0 Å². The van der Waals surface area contributed by atoms with Crippen LogP contribution in [0.2, 0.25) is 15.1 Å². The maximum atomic E-state index is 10.4. The van der Waals surface area contributed by atoms with Crippen LogP contribution in [0.15, 0.2) is 12.1 Å². The van der Waals surface area contributed by atoms with Gasteiger partial charge in [0.2, 0.25) is 0 Å². The van der Waals surface area contributed by atoms with E-state index >= 15 is 0 Å². The van der Waals surface area contributed by atoms with E-state index in [0.717, 1.165) is 0 Å². The van der Waals surface area contributed by atoms with Crippen molar-refractivity contribution < 1.29 is 14.6 Å². The van der Waals surface area contributed by atoms with E-state index in [9.17, 15) is 4.79 Å². The van der Waals surface area contributed by atoms with E-state index < -0.39 is 5.97 Å². The Kier molecular flexibility index (Phi) is 6.71. The van der Waals surface area contributed by atoms with Gasteiger partial charge in [0.05, 0.1) is 15.1 Å². The van der Waals surface area contributed by atoms with Gasteiger partial charge >= 0.3 is 5.97 Å². The van der Waals surface area contributed by atoms with Crippen molar-refractivity contribution in [2.75, 3.05) is 0 Å². The van der Waals surface area contributed by atoms with E-state index in [4.69, 9.17) is 34.8 Å². The molecular weight excluding hydrogens is 275 g/mol. The molecule has 0 N–H and O–H groups in total. The third-order valence-corrected chi connectivity index (χ3v) is 2.24. The van der Waals surface area contributed by atoms with Crippen LogP contribution in [-0.2, 0) is 9.68 Å². The zero-order chi connectivity index (χ0) is 10.7. The summed E-state index contributed by atoms with van der Waals surface area (Å²) in [5, 5.41) is 0.769. The van der Waals surface area contributed by atoms with Crippen molar-refractivity contribution in [1.82, 2.24) is 0 Å². The predicted octanol–water partition coefficient (Wildman–Crippen LogP) is 3.12. The highest BCUT2D eigenvalue weighted by Gasteiger charge is 2.09. The minimum Gasteiger partial charge on any atom is -0.285 e. The Morgan fingerprint density at radius 1 is 1.13 bits per heavy atom. The Hall–Kier alpha value is 0.126. The Labute approximate surface area is 118 Å². The van der Waals surface area contributed by atoms with E-state index in [2.05, 4.69) is 9.78 Å². The van der Waals surface area contributed by atoms with Gasteiger partial charge in [-0.15, -0.1) is 0 Å². The van der Waals surface area contributed by atoms with Crippen molar-refractivity contribution in [3.05, 3.63) is 27.2 Å². The van der Waals surface area contributed by atoms with Crippen molar-refractivity contribution in [2.45, 2.75) is 6.92 Å². The quantitative estimate of drug-likeness (QED) is 0.361. The molecule has 1 aromatic rings. The minimum absolute atomic E-state index is 0. The summed E-state index contributed by atoms with van der Waals surface area (Å²) in [7, 11) is 0. The summed E-state index contributed by atoms with van der Waals surface area (Å²) in [6.07, 6.45) is 0. The topological polar surface area (TPSA) is 35.5 Å². The van der Waals surface area contributed by atoms with Gasteiger partial charge in [0.15, 0.2) is 5.75 Å². The smallest absolute Gasteiger partial charge is 0.285 e. The molecule has 0 aromatic heterocycles. The molecule has 2 radical (unpaired) electrons. The van der Waals surface area contributed by atoms with Gasteiger partial charge < -0.3 is 0 Å². The van der Waals surface area contributed by atoms with Crippen LogP contribution in [-0.4, -0.2) is 29.0 Å². The van der Waals surface area contributed by atoms with Crippen molar-refractivity contribution in [3.63, 3.8) is 0 Å². The first-order valence-electron chi connectivity index (χ1n) is 3.50. The molecule has 0 unspecified atom stereocenters. The first-order valence-corrected chi connectivity index (χ1v) is 4.63. The molecule has 0 heterocycles. The lowest BCUT2D eigenvalue weighted by Crippen LogP contribution is -2.03. The third kappa shape index (κ3) is 4.65. The predicted molar refractivity (Wildman–Crippen MR) is 59.6 cm³/mol. The van der Waals surface area contributed by atoms with Crippen molar-refractivity contribution in [2.24, 2.45) is 0 Å². The highest BCUT2D eigenvalue weighted by atomic mass is 35.5. The first kappa shape index (κ1) is 15.1. The summed E-state index contributed by atoms with van der Waals surface area (Å²) >= 11 is 17.1. The first-order chi connectivity index (χ1) is 6.50. The maximum Gasteiger partial charge on any atom is 0.352 e. The van der Waals surface area contributed by atoms with E-state index in [1.165, 1.54) is 19.1 Å². The zero-order valence-electron chi connectivity index (χ0n) is 7.72. The molecule has 0 aliphatic carbocycles. The van der Waals surface area contributed by atoms with Gasteiger partial charge in [0.1, 0.15) is 0 Å². The van der Waals surface area contributed by atoms with Gasteiger partial charge in [-0.05, 0) is 6.07 Å². The highest BCUT2D eigenvalue weighted by Crippen LogP contribution is 2.33. The Bertz CT molecular complexity index is 370. The fraction of sp³-hybridized carbons (Fsp3) is 0.125. The fourth-order valence-electron chi connectivity index (χ4n) is 0.672. The number of rotatable bonds is 2. The second-order valence-electron chi connectivity index (χ2n) is 2.35. The Morgan fingerprint density at radius 3 is 2.20 bits per heavy atom. The lowest BCUT2D eigenvalue weighted by Gasteiger charge is -2.05. The molecule has 1 aromatic carbocycles. The highest BCUT2D eigenvalue weighted by molar-refractivity contribution is 6.43. The molecule has 15 heavy (non-hydrogen) atoms. The van der Waals surface area contributed by atoms with Crippen LogP contribution in [0.1, 0.15) is 6.92 Å². The number of halogens is 3. The van der Waals surface area contributed by atoms with Crippen molar-refractivity contribution in [1.29, 1.82) is 0 Å². The van der Waals surface area contributed by atoms with Crippen molar-refractivity contribution in [3.8, 4) is 5.75 Å². The number of hydrogen-bond acceptors (Lipinski definition) is 3. The van der Waals surface area contributed by atoms with Crippen LogP contribution in [0.3, 0.4) is 0 Å². The van der Waals surface area contributed by atoms with Gasteiger partial charge in [-0.2, -0.15) is 0 Å². The van der Waals surface area contributed by atoms with Crippen LogP contribution in [0.25, 0.3) is 0 Å². The van der Waals surface area contributed by atoms with Gasteiger partial charge in [0, 0.05) is 36.0 Å². The standard InChI is InChI=1S/C8H5Cl3O3.Mg/c1-4(12)13-14-8-3-6(10)5(9)2-7(8)11;/h2-3H,1H3;. The molecule has 0 spiro atoms. The number of carbonyl (C=O) groups is 1. The molecule has 0 fully saturated rings. The largest absolute Gasteiger partial charge is 0.352 e. The Balaban J connectivity index is 0.00000196. The van der Waals surface area contributed by atoms with E-state index in [0.29, 0.717) is 5.02 Å². The molecule has 0 aliphatic heterocycles. The van der Waals surface area contributed by atoms with Gasteiger partial charge in [-0.1, -0.05) is 34.8 Å². The van der Waals surface area contributed by atoms with Crippen LogP contribution >= 0.6 is 34.8 Å². The summed E-state index contributed by atoms with van der Waals surface area (Å²) in [6.45, 7) is 1.20. The van der Waals surface area contributed by atoms with Crippen LogP contribution in [0, 0.1) is 0 Å². The van der Waals surface area contributed by atoms with Crippen LogP contribution in [0.5, 0.6) is 5.75 Å². The lowest BCUT2D eigenvalue weighted by molar-refractivity contribution is -0.210. The molecule has 0 saturated heterocycles. The van der Waals surface area contributed by atoms with E-state index in [1.54, 1.807) is 0 Å². The molecule has 0 aliphatic rings. The molecular formula is C8H5Cl3MgO3. The van der Waals surface area contributed by atoms with Crippen molar-refractivity contribution >= 4 is 63.8 Å². The monoisotopic (exact) mass is 278 g/mol. The molecule has 0 atom stereocenters. The Morgan fingerprint density at radius 2 is 1.67 bits per heavy atom. The summed E-state index contributed by atoms with van der Waals surface area (Å²) < 4.78 is 0. The minimum atomic E-state index is -0.591. The summed E-state index contributed by atoms with van der Waals surface area (Å²) in [4.78, 5) is 19.3. The second kappa shape index (κ2) is 6.65. The number of carbonyl (C=O) groups excluding carboxylic acids is 1. The summed E-state index contributed by atoms with van der Waals surface area (Å²) in [5.74, 6) is -0.455. The van der Waals surface area contributed by atoms with Crippen LogP contribution < -0.4 is 4.89 Å². The molecule has 1 rings (SSSR count). The second-order valence-corrected chi connectivity index (χ2v) is 3.58. The average molecular weight is 280 g/mol. The average Bonchev–Trinajstić information content (AvgIpc) is 2.09. The molecule has 7 heteroatoms. The normalized spacial score (nSPS) is 9.07. The zero-order valence-corrected chi connectivity index (χ0v) is 11.4. The summed E-state index contributed by atoms with van der Waals surface area (Å²) in [6, 6.07) is 2.75. The molecule has 0 bridgehead atoms. The number of hydrogen-bond donors (Lipinski definition) is 0. The van der Waals surface area contributed by atoms with Crippen LogP contribution in [0.4, 0.5) is 0 Å². The lowest BCUT2D eigenvalue weighted by atomic mass is 10.3. The van der Waals surface area contributed by atoms with Gasteiger partial charge in [-0.25, -0.2) is 4.79 Å². The maximum absolute atomic E-state index is 10.4. The summed E-state index contributed by atoms with van der Waals surface area (Å²) in [5.41, 5.74) is 0. The van der Waals surface area contributed by atoms with E-state index in [-0.39, 0.29) is 38.8 Å².